The molecule has 244 valence electrons. The smallest absolute Gasteiger partial charge is 0.0460 e. The van der Waals surface area contributed by atoms with E-state index >= 15 is 0 Å². The van der Waals surface area contributed by atoms with E-state index in [4.69, 9.17) is 0 Å². The van der Waals surface area contributed by atoms with Crippen LogP contribution in [0.4, 0.5) is 11.4 Å². The minimum atomic E-state index is 0.0388. The molecule has 2 aliphatic heterocycles. The van der Waals surface area contributed by atoms with Gasteiger partial charge >= 0.3 is 0 Å². The number of benzene rings is 2. The molecule has 5 rings (SSSR count). The molecular formula is C41H59N3O. The Balaban J connectivity index is 1.40. The van der Waals surface area contributed by atoms with Crippen LogP contribution in [-0.4, -0.2) is 48.8 Å². The highest BCUT2D eigenvalue weighted by Crippen LogP contribution is 2.47. The Labute approximate surface area is 274 Å². The van der Waals surface area contributed by atoms with Crippen molar-refractivity contribution < 1.29 is 5.11 Å². The van der Waals surface area contributed by atoms with Crippen LogP contribution in [0.2, 0.25) is 0 Å². The molecule has 1 atom stereocenters. The van der Waals surface area contributed by atoms with Crippen molar-refractivity contribution in [3.63, 3.8) is 0 Å². The number of aliphatic hydroxyl groups excluding tert-OH is 1. The number of fused-ring (bicyclic) bond motifs is 1. The van der Waals surface area contributed by atoms with E-state index in [1.807, 2.05) is 0 Å². The zero-order chi connectivity index (χ0) is 32.0. The predicted molar refractivity (Wildman–Crippen MR) is 193 cm³/mol. The van der Waals surface area contributed by atoms with Gasteiger partial charge in [0.1, 0.15) is 0 Å². The van der Waals surface area contributed by atoms with Crippen molar-refractivity contribution in [2.75, 3.05) is 43.0 Å². The molecular weight excluding hydrogens is 550 g/mol. The number of hydrogen-bond acceptors (Lipinski definition) is 4. The monoisotopic (exact) mass is 609 g/mol. The summed E-state index contributed by atoms with van der Waals surface area (Å²) in [6, 6.07) is 18.4. The minimum absolute atomic E-state index is 0.0388. The van der Waals surface area contributed by atoms with Gasteiger partial charge in [0.05, 0.1) is 0 Å². The molecule has 1 unspecified atom stereocenters. The lowest BCUT2D eigenvalue weighted by Crippen LogP contribution is -2.41. The molecule has 1 fully saturated rings. The molecule has 0 spiro atoms. The van der Waals surface area contributed by atoms with E-state index in [2.05, 4.69) is 123 Å². The maximum absolute atomic E-state index is 9.84. The summed E-state index contributed by atoms with van der Waals surface area (Å²) in [5.41, 5.74) is 10.3. The van der Waals surface area contributed by atoms with Crippen LogP contribution in [-0.2, 0) is 10.8 Å². The van der Waals surface area contributed by atoms with Crippen molar-refractivity contribution in [3.05, 3.63) is 94.7 Å². The molecule has 0 radical (unpaired) electrons. The Kier molecular flexibility index (Phi) is 10.9. The van der Waals surface area contributed by atoms with Gasteiger partial charge in [-0.15, -0.1) is 0 Å². The van der Waals surface area contributed by atoms with Gasteiger partial charge in [-0.05, 0) is 97.1 Å². The van der Waals surface area contributed by atoms with E-state index in [0.29, 0.717) is 18.6 Å². The SMILES string of the molecule is CCCNc1ccccc1C(C)(C)C/C=C/C1=C(N2CCC(CO)CC2)C(=C/CC2N(CCC)c3ccccc3C2(C)C)/CC1. The number of likely N-dealkylation sites (tertiary alicyclic amines) is 1. The van der Waals surface area contributed by atoms with Gasteiger partial charge in [-0.2, -0.15) is 0 Å². The molecule has 1 saturated heterocycles. The molecule has 4 nitrogen and oxygen atoms in total. The lowest BCUT2D eigenvalue weighted by Gasteiger charge is -2.36. The average molecular weight is 610 g/mol. The largest absolute Gasteiger partial charge is 0.396 e. The highest BCUT2D eigenvalue weighted by Gasteiger charge is 2.43. The number of piperidine rings is 1. The Morgan fingerprint density at radius 2 is 1.71 bits per heavy atom. The first-order valence-corrected chi connectivity index (χ1v) is 17.9. The van der Waals surface area contributed by atoms with Crippen molar-refractivity contribution >= 4 is 11.4 Å². The van der Waals surface area contributed by atoms with E-state index in [9.17, 15) is 5.11 Å². The van der Waals surface area contributed by atoms with Gasteiger partial charge in [0.15, 0.2) is 0 Å². The normalized spacial score (nSPS) is 21.4. The lowest BCUT2D eigenvalue weighted by molar-refractivity contribution is 0.152. The van der Waals surface area contributed by atoms with Crippen LogP contribution in [0, 0.1) is 5.92 Å². The zero-order valence-corrected chi connectivity index (χ0v) is 29.0. The van der Waals surface area contributed by atoms with Crippen molar-refractivity contribution in [2.24, 2.45) is 5.92 Å². The molecule has 2 N–H and O–H groups in total. The molecule has 2 aromatic carbocycles. The fourth-order valence-corrected chi connectivity index (χ4v) is 8.11. The third-order valence-corrected chi connectivity index (χ3v) is 10.8. The third-order valence-electron chi connectivity index (χ3n) is 10.8. The lowest BCUT2D eigenvalue weighted by atomic mass is 9.79. The Hall–Kier alpha value is -2.98. The molecule has 2 aromatic rings. The number of para-hydroxylation sites is 2. The third kappa shape index (κ3) is 7.22. The van der Waals surface area contributed by atoms with Gasteiger partial charge in [0.25, 0.3) is 0 Å². The van der Waals surface area contributed by atoms with Crippen molar-refractivity contribution in [1.82, 2.24) is 4.90 Å². The Bertz CT molecular complexity index is 1370. The van der Waals surface area contributed by atoms with E-state index < -0.39 is 0 Å². The van der Waals surface area contributed by atoms with Crippen LogP contribution in [0.5, 0.6) is 0 Å². The zero-order valence-electron chi connectivity index (χ0n) is 29.0. The quantitative estimate of drug-likeness (QED) is 0.237. The molecule has 45 heavy (non-hydrogen) atoms. The number of nitrogens with zero attached hydrogens (tertiary/aromatic N) is 2. The molecule has 0 aromatic heterocycles. The first-order chi connectivity index (χ1) is 21.7. The van der Waals surface area contributed by atoms with Gasteiger partial charge in [0.2, 0.25) is 0 Å². The Morgan fingerprint density at radius 1 is 0.978 bits per heavy atom. The van der Waals surface area contributed by atoms with Crippen molar-refractivity contribution in [2.45, 2.75) is 110 Å². The van der Waals surface area contributed by atoms with Gasteiger partial charge < -0.3 is 20.2 Å². The first kappa shape index (κ1) is 33.4. The summed E-state index contributed by atoms with van der Waals surface area (Å²) in [5.74, 6) is 0.442. The predicted octanol–water partition coefficient (Wildman–Crippen LogP) is 9.38. The summed E-state index contributed by atoms with van der Waals surface area (Å²) >= 11 is 0. The topological polar surface area (TPSA) is 38.7 Å². The number of hydrogen-bond donors (Lipinski definition) is 2. The van der Waals surface area contributed by atoms with E-state index in [1.54, 1.807) is 0 Å². The number of allylic oxidation sites excluding steroid dienone is 4. The standard InChI is InChI=1S/C41H59N3O/c1-7-26-42-36-17-11-9-15-34(36)40(3,4)25-13-14-32-19-20-33(39(32)43-28-23-31(30-45)24-29-43)21-22-38-41(5,6)35-16-10-12-18-37(35)44(38)27-8-2/h9-18,21,31,38,42,45H,7-8,19-20,22-30H2,1-6H3/b14-13+,33-21+. The van der Waals surface area contributed by atoms with Crippen molar-refractivity contribution in [1.29, 1.82) is 0 Å². The second-order valence-electron chi connectivity index (χ2n) is 14.9. The van der Waals surface area contributed by atoms with Gasteiger partial charge in [-0.3, -0.25) is 0 Å². The van der Waals surface area contributed by atoms with E-state index in [1.165, 1.54) is 39.3 Å². The maximum Gasteiger partial charge on any atom is 0.0460 e. The van der Waals surface area contributed by atoms with Crippen LogP contribution >= 0.6 is 0 Å². The number of rotatable bonds is 13. The molecule has 3 aliphatic rings. The number of anilines is 2. The molecule has 4 heteroatoms. The number of nitrogens with one attached hydrogen (secondary N) is 1. The number of aliphatic hydroxyl groups is 1. The second-order valence-corrected chi connectivity index (χ2v) is 14.9. The average Bonchev–Trinajstić information content (AvgIpc) is 3.54. The summed E-state index contributed by atoms with van der Waals surface area (Å²) in [6.45, 7) is 18.7. The fourth-order valence-electron chi connectivity index (χ4n) is 8.11. The summed E-state index contributed by atoms with van der Waals surface area (Å²) in [6.07, 6.45) is 16.2. The molecule has 2 heterocycles. The van der Waals surface area contributed by atoms with Crippen LogP contribution in [0.25, 0.3) is 0 Å². The van der Waals surface area contributed by atoms with Gasteiger partial charge in [-0.25, -0.2) is 0 Å². The van der Waals surface area contributed by atoms with E-state index in [0.717, 1.165) is 77.5 Å². The maximum atomic E-state index is 9.84. The highest BCUT2D eigenvalue weighted by atomic mass is 16.3. The summed E-state index contributed by atoms with van der Waals surface area (Å²) in [5, 5.41) is 13.5. The first-order valence-electron chi connectivity index (χ1n) is 17.9. The second kappa shape index (κ2) is 14.6. The van der Waals surface area contributed by atoms with Gasteiger partial charge in [-0.1, -0.05) is 96.2 Å². The van der Waals surface area contributed by atoms with Crippen LogP contribution in [0.1, 0.15) is 104 Å². The Morgan fingerprint density at radius 3 is 2.44 bits per heavy atom. The van der Waals surface area contributed by atoms with Crippen LogP contribution in [0.3, 0.4) is 0 Å². The highest BCUT2D eigenvalue weighted by molar-refractivity contribution is 5.64. The minimum Gasteiger partial charge on any atom is -0.396 e. The molecule has 0 bridgehead atoms. The molecule has 0 amide bonds. The van der Waals surface area contributed by atoms with Crippen molar-refractivity contribution in [3.8, 4) is 0 Å². The van der Waals surface area contributed by atoms with E-state index in [-0.39, 0.29) is 10.8 Å². The summed E-state index contributed by atoms with van der Waals surface area (Å²) in [7, 11) is 0. The molecule has 1 aliphatic carbocycles. The summed E-state index contributed by atoms with van der Waals surface area (Å²) in [4.78, 5) is 5.34. The molecule has 0 saturated carbocycles. The fraction of sp³-hybridized carbons (Fsp3) is 0.561. The van der Waals surface area contributed by atoms with Crippen LogP contribution < -0.4 is 10.2 Å². The summed E-state index contributed by atoms with van der Waals surface area (Å²) < 4.78 is 0. The van der Waals surface area contributed by atoms with Gasteiger partial charge in [0, 0.05) is 61.3 Å². The van der Waals surface area contributed by atoms with Crippen LogP contribution in [0.15, 0.2) is 83.6 Å².